The summed E-state index contributed by atoms with van der Waals surface area (Å²) in [6.45, 7) is 0. The van der Waals surface area contributed by atoms with Crippen molar-refractivity contribution >= 4 is 29.0 Å². The van der Waals surface area contributed by atoms with Crippen LogP contribution in [-0.2, 0) is 4.79 Å². The summed E-state index contributed by atoms with van der Waals surface area (Å²) in [5.74, 6) is 0.480. The standard InChI is InChI=1S/C19H18N2OS2/c1-21(17(22)14-24-19-20-12-13-23-19)18(15-8-4-2-5-9-15)16-10-6-3-7-11-16/h2-13,18H,14H2,1H3. The van der Waals surface area contributed by atoms with Gasteiger partial charge in [0.05, 0.1) is 11.8 Å². The Morgan fingerprint density at radius 3 is 2.17 bits per heavy atom. The maximum absolute atomic E-state index is 12.7. The Morgan fingerprint density at radius 2 is 1.67 bits per heavy atom. The molecule has 1 amide bonds. The van der Waals surface area contributed by atoms with Crippen molar-refractivity contribution in [3.63, 3.8) is 0 Å². The molecule has 0 unspecified atom stereocenters. The van der Waals surface area contributed by atoms with E-state index in [9.17, 15) is 4.79 Å². The highest BCUT2D eigenvalue weighted by Crippen LogP contribution is 2.29. The third-order valence-corrected chi connectivity index (χ3v) is 5.69. The predicted octanol–water partition coefficient (Wildman–Crippen LogP) is 4.48. The third-order valence-electron chi connectivity index (χ3n) is 3.74. The Bertz CT molecular complexity index is 721. The summed E-state index contributed by atoms with van der Waals surface area (Å²) >= 11 is 3.05. The second-order valence-corrected chi connectivity index (χ2v) is 7.43. The Hall–Kier alpha value is -2.11. The molecule has 1 heterocycles. The van der Waals surface area contributed by atoms with Crippen LogP contribution in [0.3, 0.4) is 0 Å². The molecule has 0 atom stereocenters. The molecule has 0 bridgehead atoms. The Balaban J connectivity index is 1.81. The summed E-state index contributed by atoms with van der Waals surface area (Å²) in [5.41, 5.74) is 2.22. The number of thioether (sulfide) groups is 1. The van der Waals surface area contributed by atoms with Crippen LogP contribution in [0, 0.1) is 0 Å². The largest absolute Gasteiger partial charge is 0.334 e. The fraction of sp³-hybridized carbons (Fsp3) is 0.158. The molecular weight excluding hydrogens is 336 g/mol. The fourth-order valence-electron chi connectivity index (χ4n) is 2.56. The minimum absolute atomic E-state index is 0.0863. The van der Waals surface area contributed by atoms with E-state index >= 15 is 0 Å². The second kappa shape index (κ2) is 8.13. The monoisotopic (exact) mass is 354 g/mol. The van der Waals surface area contributed by atoms with Gasteiger partial charge in [0.2, 0.25) is 5.91 Å². The molecule has 0 fully saturated rings. The van der Waals surface area contributed by atoms with Gasteiger partial charge in [-0.2, -0.15) is 0 Å². The topological polar surface area (TPSA) is 33.2 Å². The lowest BCUT2D eigenvalue weighted by Crippen LogP contribution is -2.33. The molecule has 122 valence electrons. The molecule has 5 heteroatoms. The lowest BCUT2D eigenvalue weighted by Gasteiger charge is -2.29. The van der Waals surface area contributed by atoms with Gasteiger partial charge >= 0.3 is 0 Å². The first-order valence-corrected chi connectivity index (χ1v) is 9.50. The van der Waals surface area contributed by atoms with Crippen LogP contribution < -0.4 is 0 Å². The van der Waals surface area contributed by atoms with Gasteiger partial charge in [-0.15, -0.1) is 11.3 Å². The molecule has 3 nitrogen and oxygen atoms in total. The number of benzene rings is 2. The van der Waals surface area contributed by atoms with Crippen LogP contribution >= 0.6 is 23.1 Å². The van der Waals surface area contributed by atoms with Crippen LogP contribution in [0.25, 0.3) is 0 Å². The summed E-state index contributed by atoms with van der Waals surface area (Å²) in [6, 6.07) is 20.2. The van der Waals surface area contributed by atoms with Crippen LogP contribution in [0.4, 0.5) is 0 Å². The zero-order valence-electron chi connectivity index (χ0n) is 13.3. The predicted molar refractivity (Wildman–Crippen MR) is 100 cm³/mol. The second-order valence-electron chi connectivity index (χ2n) is 5.32. The first kappa shape index (κ1) is 16.7. The third kappa shape index (κ3) is 4.04. The van der Waals surface area contributed by atoms with Crippen molar-refractivity contribution in [2.24, 2.45) is 0 Å². The number of rotatable bonds is 6. The first-order valence-electron chi connectivity index (χ1n) is 7.63. The molecular formula is C19H18N2OS2. The van der Waals surface area contributed by atoms with Crippen LogP contribution in [0.5, 0.6) is 0 Å². The van der Waals surface area contributed by atoms with Gasteiger partial charge in [-0.25, -0.2) is 4.98 Å². The first-order chi connectivity index (χ1) is 11.8. The zero-order valence-corrected chi connectivity index (χ0v) is 15.0. The summed E-state index contributed by atoms with van der Waals surface area (Å²) in [5, 5.41) is 1.92. The van der Waals surface area contributed by atoms with E-state index in [0.717, 1.165) is 15.5 Å². The Morgan fingerprint density at radius 1 is 1.08 bits per heavy atom. The van der Waals surface area contributed by atoms with Gasteiger partial charge in [-0.3, -0.25) is 4.79 Å². The van der Waals surface area contributed by atoms with E-state index in [1.165, 1.54) is 11.8 Å². The molecule has 3 aromatic rings. The SMILES string of the molecule is CN(C(=O)CSc1nccs1)C(c1ccccc1)c1ccccc1. The van der Waals surface area contributed by atoms with E-state index in [1.807, 2.05) is 53.7 Å². The zero-order chi connectivity index (χ0) is 16.8. The number of hydrogen-bond acceptors (Lipinski definition) is 4. The smallest absolute Gasteiger partial charge is 0.233 e. The van der Waals surface area contributed by atoms with E-state index < -0.39 is 0 Å². The van der Waals surface area contributed by atoms with Crippen LogP contribution in [0.15, 0.2) is 76.6 Å². The maximum atomic E-state index is 12.7. The van der Waals surface area contributed by atoms with E-state index in [-0.39, 0.29) is 11.9 Å². The van der Waals surface area contributed by atoms with E-state index in [4.69, 9.17) is 0 Å². The molecule has 0 saturated heterocycles. The molecule has 0 saturated carbocycles. The van der Waals surface area contributed by atoms with Gasteiger partial charge in [-0.05, 0) is 11.1 Å². The summed E-state index contributed by atoms with van der Waals surface area (Å²) in [7, 11) is 1.87. The van der Waals surface area contributed by atoms with Crippen molar-refractivity contribution in [1.82, 2.24) is 9.88 Å². The van der Waals surface area contributed by atoms with Gasteiger partial charge in [0.25, 0.3) is 0 Å². The van der Waals surface area contributed by atoms with Crippen molar-refractivity contribution in [3.8, 4) is 0 Å². The molecule has 0 aliphatic rings. The number of amides is 1. The average Bonchev–Trinajstić information content (AvgIpc) is 3.15. The minimum atomic E-state index is -0.0863. The maximum Gasteiger partial charge on any atom is 0.233 e. The van der Waals surface area contributed by atoms with Gasteiger partial charge in [0.15, 0.2) is 0 Å². The summed E-state index contributed by atoms with van der Waals surface area (Å²) < 4.78 is 0.924. The Labute approximate surface area is 150 Å². The highest BCUT2D eigenvalue weighted by molar-refractivity contribution is 8.01. The Kier molecular flexibility index (Phi) is 5.67. The van der Waals surface area contributed by atoms with Crippen LogP contribution in [-0.4, -0.2) is 28.6 Å². The molecule has 2 aromatic carbocycles. The lowest BCUT2D eigenvalue weighted by molar-refractivity contribution is -0.128. The van der Waals surface area contributed by atoms with Gasteiger partial charge in [-0.1, -0.05) is 72.4 Å². The number of nitrogens with zero attached hydrogens (tertiary/aromatic N) is 2. The lowest BCUT2D eigenvalue weighted by atomic mass is 9.97. The molecule has 0 aliphatic carbocycles. The molecule has 0 aliphatic heterocycles. The number of thiazole rings is 1. The van der Waals surface area contributed by atoms with Crippen molar-refractivity contribution in [2.75, 3.05) is 12.8 Å². The summed E-state index contributed by atoms with van der Waals surface area (Å²) in [6.07, 6.45) is 1.76. The van der Waals surface area contributed by atoms with Crippen molar-refractivity contribution in [1.29, 1.82) is 0 Å². The average molecular weight is 355 g/mol. The van der Waals surface area contributed by atoms with Gasteiger partial charge < -0.3 is 4.90 Å². The molecule has 24 heavy (non-hydrogen) atoms. The van der Waals surface area contributed by atoms with Crippen LogP contribution in [0.2, 0.25) is 0 Å². The van der Waals surface area contributed by atoms with E-state index in [1.54, 1.807) is 17.5 Å². The van der Waals surface area contributed by atoms with Crippen molar-refractivity contribution < 1.29 is 4.79 Å². The number of carbonyl (C=O) groups is 1. The molecule has 0 radical (unpaired) electrons. The summed E-state index contributed by atoms with van der Waals surface area (Å²) in [4.78, 5) is 18.8. The van der Waals surface area contributed by atoms with Gasteiger partial charge in [0, 0.05) is 18.6 Å². The minimum Gasteiger partial charge on any atom is -0.334 e. The van der Waals surface area contributed by atoms with Crippen molar-refractivity contribution in [3.05, 3.63) is 83.4 Å². The molecule has 1 aromatic heterocycles. The molecule has 0 N–H and O–H groups in total. The van der Waals surface area contributed by atoms with E-state index in [0.29, 0.717) is 5.75 Å². The highest BCUT2D eigenvalue weighted by Gasteiger charge is 2.23. The quantitative estimate of drug-likeness (QED) is 0.612. The highest BCUT2D eigenvalue weighted by atomic mass is 32.2. The van der Waals surface area contributed by atoms with Crippen LogP contribution in [0.1, 0.15) is 17.2 Å². The van der Waals surface area contributed by atoms with Crippen molar-refractivity contribution in [2.45, 2.75) is 10.4 Å². The number of aromatic nitrogens is 1. The molecule has 3 rings (SSSR count). The normalized spacial score (nSPS) is 10.8. The number of hydrogen-bond donors (Lipinski definition) is 0. The molecule has 0 spiro atoms. The fourth-order valence-corrected chi connectivity index (χ4v) is 4.12. The van der Waals surface area contributed by atoms with Gasteiger partial charge in [0.1, 0.15) is 4.34 Å². The number of carbonyl (C=O) groups excluding carboxylic acids is 1. The van der Waals surface area contributed by atoms with E-state index in [2.05, 4.69) is 29.2 Å².